The first-order chi connectivity index (χ1) is 12.8. The van der Waals surface area contributed by atoms with E-state index in [4.69, 9.17) is 5.11 Å². The van der Waals surface area contributed by atoms with Gasteiger partial charge in [0, 0.05) is 57.1 Å². The van der Waals surface area contributed by atoms with Crippen LogP contribution in [-0.4, -0.2) is 67.3 Å². The van der Waals surface area contributed by atoms with E-state index in [-0.39, 0.29) is 6.61 Å². The molecule has 26 heavy (non-hydrogen) atoms. The lowest BCUT2D eigenvalue weighted by molar-refractivity contribution is 0.112. The molecule has 2 aromatic carbocycles. The molecule has 0 bridgehead atoms. The van der Waals surface area contributed by atoms with Gasteiger partial charge in [-0.15, -0.1) is 0 Å². The van der Waals surface area contributed by atoms with Crippen LogP contribution in [0.5, 0.6) is 0 Å². The second-order valence-corrected chi connectivity index (χ2v) is 7.35. The average Bonchev–Trinajstić information content (AvgIpc) is 2.69. The minimum absolute atomic E-state index is 0.272. The number of para-hydroxylation sites is 2. The van der Waals surface area contributed by atoms with E-state index in [2.05, 4.69) is 63.2 Å². The maximum absolute atomic E-state index is 9.07. The highest BCUT2D eigenvalue weighted by molar-refractivity contribution is 5.74. The molecule has 2 aromatic rings. The van der Waals surface area contributed by atoms with Crippen LogP contribution in [0.3, 0.4) is 0 Å². The summed E-state index contributed by atoms with van der Waals surface area (Å²) < 4.78 is 0. The van der Waals surface area contributed by atoms with Crippen LogP contribution in [0.2, 0.25) is 0 Å². The van der Waals surface area contributed by atoms with Gasteiger partial charge in [-0.05, 0) is 36.2 Å². The van der Waals surface area contributed by atoms with Gasteiger partial charge in [0.05, 0.1) is 6.61 Å². The summed E-state index contributed by atoms with van der Waals surface area (Å²) in [7, 11) is 0. The number of aliphatic hydroxyl groups is 1. The van der Waals surface area contributed by atoms with Gasteiger partial charge < -0.3 is 14.9 Å². The molecule has 2 aliphatic heterocycles. The fourth-order valence-electron chi connectivity index (χ4n) is 4.25. The number of hydrogen-bond donors (Lipinski definition) is 1. The Morgan fingerprint density at radius 3 is 1.81 bits per heavy atom. The van der Waals surface area contributed by atoms with Crippen LogP contribution in [0, 0.1) is 0 Å². The third-order valence-electron chi connectivity index (χ3n) is 5.68. The molecule has 0 amide bonds. The van der Waals surface area contributed by atoms with Crippen LogP contribution in [0.1, 0.15) is 17.5 Å². The molecule has 4 heteroatoms. The zero-order valence-corrected chi connectivity index (χ0v) is 15.5. The summed E-state index contributed by atoms with van der Waals surface area (Å²) in [6, 6.07) is 17.7. The summed E-state index contributed by atoms with van der Waals surface area (Å²) in [6.07, 6.45) is 2.21. The number of β-amino-alcohol motifs (C(OH)–C–C–N with tert-alkyl or cyclic N) is 1. The van der Waals surface area contributed by atoms with Crippen LogP contribution < -0.4 is 4.90 Å². The molecule has 1 fully saturated rings. The fourth-order valence-corrected chi connectivity index (χ4v) is 4.25. The Labute approximate surface area is 156 Å². The molecular weight excluding hydrogens is 322 g/mol. The van der Waals surface area contributed by atoms with Gasteiger partial charge in [0.2, 0.25) is 0 Å². The summed E-state index contributed by atoms with van der Waals surface area (Å²) in [5.74, 6) is 0. The standard InChI is InChI=1S/C22H29N3O/c26-17-16-24-14-12-23(13-15-24)10-5-11-25-21-8-3-1-6-19(21)18-20-7-2-4-9-22(20)25/h1-4,6-9,26H,5,10-18H2. The Morgan fingerprint density at radius 2 is 1.23 bits per heavy atom. The van der Waals surface area contributed by atoms with Crippen molar-refractivity contribution < 1.29 is 5.11 Å². The number of rotatable bonds is 6. The van der Waals surface area contributed by atoms with E-state index in [0.717, 1.165) is 52.2 Å². The Kier molecular flexibility index (Phi) is 5.54. The molecular formula is C22H29N3O. The highest BCUT2D eigenvalue weighted by Gasteiger charge is 2.22. The van der Waals surface area contributed by atoms with Crippen molar-refractivity contribution in [2.45, 2.75) is 12.8 Å². The van der Waals surface area contributed by atoms with Gasteiger partial charge >= 0.3 is 0 Å². The molecule has 2 heterocycles. The zero-order valence-electron chi connectivity index (χ0n) is 15.5. The fraction of sp³-hybridized carbons (Fsp3) is 0.455. The van der Waals surface area contributed by atoms with Crippen molar-refractivity contribution in [3.63, 3.8) is 0 Å². The quantitative estimate of drug-likeness (QED) is 0.867. The molecule has 1 saturated heterocycles. The summed E-state index contributed by atoms with van der Waals surface area (Å²) in [5.41, 5.74) is 5.62. The minimum Gasteiger partial charge on any atom is -0.395 e. The first kappa shape index (κ1) is 17.5. The first-order valence-corrected chi connectivity index (χ1v) is 9.84. The normalized spacial score (nSPS) is 17.8. The first-order valence-electron chi connectivity index (χ1n) is 9.84. The largest absolute Gasteiger partial charge is 0.395 e. The number of nitrogens with zero attached hydrogens (tertiary/aromatic N) is 3. The molecule has 2 aliphatic rings. The topological polar surface area (TPSA) is 30.0 Å². The lowest BCUT2D eigenvalue weighted by Gasteiger charge is -2.36. The molecule has 0 aromatic heterocycles. The second-order valence-electron chi connectivity index (χ2n) is 7.35. The molecule has 0 unspecified atom stereocenters. The van der Waals surface area contributed by atoms with E-state index >= 15 is 0 Å². The van der Waals surface area contributed by atoms with Gasteiger partial charge in [0.1, 0.15) is 0 Å². The number of hydrogen-bond acceptors (Lipinski definition) is 4. The molecule has 4 rings (SSSR count). The van der Waals surface area contributed by atoms with Crippen LogP contribution >= 0.6 is 0 Å². The van der Waals surface area contributed by atoms with E-state index in [9.17, 15) is 0 Å². The lowest BCUT2D eigenvalue weighted by Crippen LogP contribution is -2.47. The Bertz CT molecular complexity index is 679. The zero-order chi connectivity index (χ0) is 17.8. The molecule has 0 spiro atoms. The van der Waals surface area contributed by atoms with Gasteiger partial charge in [-0.2, -0.15) is 0 Å². The van der Waals surface area contributed by atoms with Crippen molar-refractivity contribution >= 4 is 11.4 Å². The molecule has 4 nitrogen and oxygen atoms in total. The van der Waals surface area contributed by atoms with Crippen LogP contribution in [-0.2, 0) is 6.42 Å². The maximum Gasteiger partial charge on any atom is 0.0558 e. The highest BCUT2D eigenvalue weighted by Crippen LogP contribution is 2.38. The van der Waals surface area contributed by atoms with Crippen molar-refractivity contribution in [3.05, 3.63) is 59.7 Å². The van der Waals surface area contributed by atoms with E-state index in [0.29, 0.717) is 0 Å². The predicted octanol–water partition coefficient (Wildman–Crippen LogP) is 2.73. The highest BCUT2D eigenvalue weighted by atomic mass is 16.3. The van der Waals surface area contributed by atoms with Gasteiger partial charge in [0.25, 0.3) is 0 Å². The summed E-state index contributed by atoms with van der Waals surface area (Å²) >= 11 is 0. The predicted molar refractivity (Wildman–Crippen MR) is 107 cm³/mol. The molecule has 0 radical (unpaired) electrons. The third kappa shape index (κ3) is 3.78. The minimum atomic E-state index is 0.272. The number of aliphatic hydroxyl groups excluding tert-OH is 1. The van der Waals surface area contributed by atoms with E-state index in [1.54, 1.807) is 0 Å². The Hall–Kier alpha value is -1.88. The summed E-state index contributed by atoms with van der Waals surface area (Å²) in [4.78, 5) is 7.43. The van der Waals surface area contributed by atoms with Crippen molar-refractivity contribution in [2.24, 2.45) is 0 Å². The number of benzene rings is 2. The third-order valence-corrected chi connectivity index (χ3v) is 5.68. The van der Waals surface area contributed by atoms with Crippen molar-refractivity contribution in [3.8, 4) is 0 Å². The molecule has 138 valence electrons. The Morgan fingerprint density at radius 1 is 0.692 bits per heavy atom. The SMILES string of the molecule is OCCN1CCN(CCCN2c3ccccc3Cc3ccccc32)CC1. The van der Waals surface area contributed by atoms with Crippen molar-refractivity contribution in [2.75, 3.05) is 57.3 Å². The molecule has 0 saturated carbocycles. The lowest BCUT2D eigenvalue weighted by atomic mass is 9.95. The van der Waals surface area contributed by atoms with Gasteiger partial charge in [-0.1, -0.05) is 36.4 Å². The van der Waals surface area contributed by atoms with E-state index in [1.807, 2.05) is 0 Å². The van der Waals surface area contributed by atoms with Crippen LogP contribution in [0.25, 0.3) is 0 Å². The van der Waals surface area contributed by atoms with Gasteiger partial charge in [-0.25, -0.2) is 0 Å². The Balaban J connectivity index is 1.38. The van der Waals surface area contributed by atoms with Gasteiger partial charge in [-0.3, -0.25) is 4.90 Å². The van der Waals surface area contributed by atoms with E-state index < -0.39 is 0 Å². The smallest absolute Gasteiger partial charge is 0.0558 e. The number of fused-ring (bicyclic) bond motifs is 2. The monoisotopic (exact) mass is 351 g/mol. The van der Waals surface area contributed by atoms with Crippen molar-refractivity contribution in [1.82, 2.24) is 9.80 Å². The van der Waals surface area contributed by atoms with Gasteiger partial charge in [0.15, 0.2) is 0 Å². The van der Waals surface area contributed by atoms with Crippen LogP contribution in [0.4, 0.5) is 11.4 Å². The van der Waals surface area contributed by atoms with E-state index in [1.165, 1.54) is 28.9 Å². The molecule has 1 N–H and O–H groups in total. The second kappa shape index (κ2) is 8.21. The maximum atomic E-state index is 9.07. The number of piperazine rings is 1. The number of anilines is 2. The average molecular weight is 351 g/mol. The summed E-state index contributed by atoms with van der Waals surface area (Å²) in [6.45, 7) is 7.69. The molecule has 0 atom stereocenters. The molecule has 0 aliphatic carbocycles. The summed E-state index contributed by atoms with van der Waals surface area (Å²) in [5, 5.41) is 9.07. The van der Waals surface area contributed by atoms with Crippen molar-refractivity contribution in [1.29, 1.82) is 0 Å². The van der Waals surface area contributed by atoms with Crippen LogP contribution in [0.15, 0.2) is 48.5 Å².